The standard InChI is InChI=1S/C45H46N4O/c1-29-24-32(45(6,7)8)25-30(2)43(29)48-39-18-11-10-17-38(39)47-33-14-13-15-34(27-33)50-35-20-21-37-36-16-9-12-19-40(36)49(41(37)28-35)42-26-31(22-23-46-42)44(3,4)5/h9-28,47-48H,1-8H3. The highest BCUT2D eigenvalue weighted by molar-refractivity contribution is 6.09. The van der Waals surface area contributed by atoms with Gasteiger partial charge in [0.25, 0.3) is 0 Å². The minimum Gasteiger partial charge on any atom is -0.457 e. The number of pyridine rings is 1. The van der Waals surface area contributed by atoms with Crippen LogP contribution in [0.4, 0.5) is 22.7 Å². The van der Waals surface area contributed by atoms with E-state index in [1.807, 2.05) is 30.5 Å². The van der Waals surface area contributed by atoms with Gasteiger partial charge in [0.05, 0.1) is 22.4 Å². The summed E-state index contributed by atoms with van der Waals surface area (Å²) in [7, 11) is 0. The van der Waals surface area contributed by atoms with Crippen LogP contribution in [-0.4, -0.2) is 9.55 Å². The summed E-state index contributed by atoms with van der Waals surface area (Å²) < 4.78 is 8.78. The van der Waals surface area contributed by atoms with E-state index in [9.17, 15) is 0 Å². The van der Waals surface area contributed by atoms with E-state index in [0.29, 0.717) is 0 Å². The van der Waals surface area contributed by atoms with E-state index < -0.39 is 0 Å². The fourth-order valence-electron chi connectivity index (χ4n) is 6.63. The van der Waals surface area contributed by atoms with E-state index in [1.54, 1.807) is 0 Å². The molecule has 5 nitrogen and oxygen atoms in total. The zero-order valence-corrected chi connectivity index (χ0v) is 30.3. The van der Waals surface area contributed by atoms with Crippen molar-refractivity contribution in [3.8, 4) is 17.3 Å². The summed E-state index contributed by atoms with van der Waals surface area (Å²) >= 11 is 0. The summed E-state index contributed by atoms with van der Waals surface area (Å²) in [5.41, 5.74) is 11.4. The van der Waals surface area contributed by atoms with Gasteiger partial charge in [0.15, 0.2) is 0 Å². The molecule has 0 bridgehead atoms. The SMILES string of the molecule is Cc1cc(C(C)(C)C)cc(C)c1Nc1ccccc1Nc1cccc(Oc2ccc3c4ccccc4n(-c4cc(C(C)(C)C)ccn4)c3c2)c1. The van der Waals surface area contributed by atoms with Crippen LogP contribution in [-0.2, 0) is 10.8 Å². The molecule has 0 amide bonds. The van der Waals surface area contributed by atoms with Crippen molar-refractivity contribution in [1.82, 2.24) is 9.55 Å². The number of rotatable bonds is 7. The van der Waals surface area contributed by atoms with Gasteiger partial charge in [-0.3, -0.25) is 4.57 Å². The normalized spacial score (nSPS) is 12.0. The van der Waals surface area contributed by atoms with Crippen molar-refractivity contribution in [2.45, 2.75) is 66.2 Å². The predicted octanol–water partition coefficient (Wildman–Crippen LogP) is 12.7. The summed E-state index contributed by atoms with van der Waals surface area (Å²) in [6.07, 6.45) is 1.91. The fourth-order valence-corrected chi connectivity index (χ4v) is 6.63. The average Bonchev–Trinajstić information content (AvgIpc) is 3.40. The third-order valence-electron chi connectivity index (χ3n) is 9.42. The number of hydrogen-bond acceptors (Lipinski definition) is 4. The van der Waals surface area contributed by atoms with Gasteiger partial charge in [0, 0.05) is 40.5 Å². The Hall–Kier alpha value is -5.55. The molecule has 2 N–H and O–H groups in total. The lowest BCUT2D eigenvalue weighted by molar-refractivity contribution is 0.483. The van der Waals surface area contributed by atoms with Crippen LogP contribution in [0.1, 0.15) is 63.8 Å². The Kier molecular flexibility index (Phi) is 8.39. The van der Waals surface area contributed by atoms with E-state index in [2.05, 4.69) is 162 Å². The number of aryl methyl sites for hydroxylation is 2. The molecule has 5 aromatic carbocycles. The predicted molar refractivity (Wildman–Crippen MR) is 211 cm³/mol. The number of fused-ring (bicyclic) bond motifs is 3. The second-order valence-electron chi connectivity index (χ2n) is 15.3. The molecule has 2 aromatic heterocycles. The zero-order chi connectivity index (χ0) is 35.2. The van der Waals surface area contributed by atoms with Crippen molar-refractivity contribution >= 4 is 44.6 Å². The maximum atomic E-state index is 6.54. The van der Waals surface area contributed by atoms with Crippen LogP contribution >= 0.6 is 0 Å². The van der Waals surface area contributed by atoms with Crippen LogP contribution in [0.5, 0.6) is 11.5 Å². The Morgan fingerprint density at radius 1 is 0.560 bits per heavy atom. The number of benzene rings is 5. The number of aromatic nitrogens is 2. The number of anilines is 4. The first-order valence-corrected chi connectivity index (χ1v) is 17.4. The summed E-state index contributed by atoms with van der Waals surface area (Å²) in [5, 5.41) is 9.70. The molecule has 0 aliphatic rings. The third kappa shape index (κ3) is 6.56. The average molecular weight is 659 g/mol. The van der Waals surface area contributed by atoms with Crippen molar-refractivity contribution in [1.29, 1.82) is 0 Å². The van der Waals surface area contributed by atoms with Gasteiger partial charge in [-0.05, 0) is 102 Å². The van der Waals surface area contributed by atoms with E-state index in [-0.39, 0.29) is 10.8 Å². The molecule has 252 valence electrons. The summed E-state index contributed by atoms with van der Waals surface area (Å²) in [6, 6.07) is 40.2. The van der Waals surface area contributed by atoms with Crippen LogP contribution in [0.3, 0.4) is 0 Å². The lowest BCUT2D eigenvalue weighted by Gasteiger charge is -2.23. The second kappa shape index (κ2) is 12.7. The Labute approximate surface area is 296 Å². The maximum absolute atomic E-state index is 6.54. The first-order valence-electron chi connectivity index (χ1n) is 17.4. The van der Waals surface area contributed by atoms with Gasteiger partial charge in [-0.1, -0.05) is 90.1 Å². The van der Waals surface area contributed by atoms with Gasteiger partial charge in [-0.2, -0.15) is 0 Å². The Morgan fingerprint density at radius 3 is 1.92 bits per heavy atom. The second-order valence-corrected chi connectivity index (χ2v) is 15.3. The molecule has 0 radical (unpaired) electrons. The number of ether oxygens (including phenoxy) is 1. The molecule has 0 saturated heterocycles. The molecule has 0 atom stereocenters. The van der Waals surface area contributed by atoms with Crippen molar-refractivity contribution in [3.63, 3.8) is 0 Å². The highest BCUT2D eigenvalue weighted by Gasteiger charge is 2.19. The molecule has 50 heavy (non-hydrogen) atoms. The fraction of sp³-hybridized carbons (Fsp3) is 0.222. The third-order valence-corrected chi connectivity index (χ3v) is 9.42. The van der Waals surface area contributed by atoms with Crippen LogP contribution < -0.4 is 15.4 Å². The molecule has 2 heterocycles. The van der Waals surface area contributed by atoms with Gasteiger partial charge in [0.1, 0.15) is 17.3 Å². The van der Waals surface area contributed by atoms with Gasteiger partial charge < -0.3 is 15.4 Å². The molecule has 7 rings (SSSR count). The Balaban J connectivity index is 1.18. The molecular weight excluding hydrogens is 613 g/mol. The minimum atomic E-state index is 0.00986. The molecule has 7 aromatic rings. The van der Waals surface area contributed by atoms with Crippen LogP contribution in [0.2, 0.25) is 0 Å². The monoisotopic (exact) mass is 658 g/mol. The molecule has 0 aliphatic carbocycles. The number of hydrogen-bond donors (Lipinski definition) is 2. The number of nitrogens with zero attached hydrogens (tertiary/aromatic N) is 2. The molecule has 5 heteroatoms. The van der Waals surface area contributed by atoms with Crippen LogP contribution in [0.25, 0.3) is 27.6 Å². The Bertz CT molecular complexity index is 2330. The first kappa shape index (κ1) is 33.0. The molecule has 0 aliphatic heterocycles. The molecule has 0 spiro atoms. The van der Waals surface area contributed by atoms with Gasteiger partial charge in [-0.15, -0.1) is 0 Å². The Morgan fingerprint density at radius 2 is 1.20 bits per heavy atom. The first-order chi connectivity index (χ1) is 23.8. The van der Waals surface area contributed by atoms with Crippen molar-refractivity contribution in [2.24, 2.45) is 0 Å². The van der Waals surface area contributed by atoms with Gasteiger partial charge >= 0.3 is 0 Å². The molecular formula is C45H46N4O. The summed E-state index contributed by atoms with van der Waals surface area (Å²) in [4.78, 5) is 4.83. The summed E-state index contributed by atoms with van der Waals surface area (Å²) in [6.45, 7) is 17.8. The number of nitrogens with one attached hydrogen (secondary N) is 2. The highest BCUT2D eigenvalue weighted by atomic mass is 16.5. The lowest BCUT2D eigenvalue weighted by Crippen LogP contribution is -2.12. The van der Waals surface area contributed by atoms with E-state index >= 15 is 0 Å². The van der Waals surface area contributed by atoms with E-state index in [1.165, 1.54) is 27.6 Å². The van der Waals surface area contributed by atoms with Crippen molar-refractivity contribution in [3.05, 3.63) is 144 Å². The molecule has 0 fully saturated rings. The van der Waals surface area contributed by atoms with E-state index in [4.69, 9.17) is 9.72 Å². The topological polar surface area (TPSA) is 51.1 Å². The molecule has 0 unspecified atom stereocenters. The minimum absolute atomic E-state index is 0.00986. The largest absolute Gasteiger partial charge is 0.457 e. The van der Waals surface area contributed by atoms with Crippen LogP contribution in [0, 0.1) is 13.8 Å². The zero-order valence-electron chi connectivity index (χ0n) is 30.3. The quantitative estimate of drug-likeness (QED) is 0.179. The maximum Gasteiger partial charge on any atom is 0.137 e. The van der Waals surface area contributed by atoms with Crippen molar-refractivity contribution < 1.29 is 4.74 Å². The lowest BCUT2D eigenvalue weighted by atomic mass is 9.84. The van der Waals surface area contributed by atoms with Gasteiger partial charge in [-0.25, -0.2) is 4.98 Å². The highest BCUT2D eigenvalue weighted by Crippen LogP contribution is 2.38. The number of para-hydroxylation sites is 3. The molecule has 0 saturated carbocycles. The van der Waals surface area contributed by atoms with Crippen LogP contribution in [0.15, 0.2) is 121 Å². The summed E-state index contributed by atoms with van der Waals surface area (Å²) in [5.74, 6) is 2.41. The van der Waals surface area contributed by atoms with Gasteiger partial charge in [0.2, 0.25) is 0 Å². The van der Waals surface area contributed by atoms with Crippen molar-refractivity contribution in [2.75, 3.05) is 10.6 Å². The van der Waals surface area contributed by atoms with E-state index in [0.717, 1.165) is 56.5 Å². The smallest absolute Gasteiger partial charge is 0.137 e.